The molecule has 1 aromatic heterocycles. The third kappa shape index (κ3) is 6.95. The highest BCUT2D eigenvalue weighted by Gasteiger charge is 2.24. The Hall–Kier alpha value is -3.64. The highest BCUT2D eigenvalue weighted by molar-refractivity contribution is 5.94. The number of ether oxygens (including phenoxy) is 2. The third-order valence-corrected chi connectivity index (χ3v) is 5.00. The summed E-state index contributed by atoms with van der Waals surface area (Å²) >= 11 is 0. The number of amides is 1. The average molecular weight is 510 g/mol. The molecule has 0 saturated heterocycles. The van der Waals surface area contributed by atoms with Crippen molar-refractivity contribution in [3.63, 3.8) is 0 Å². The van der Waals surface area contributed by atoms with Gasteiger partial charge in [0.2, 0.25) is 5.89 Å². The molecule has 0 saturated carbocycles. The number of oxazole rings is 1. The van der Waals surface area contributed by atoms with Crippen LogP contribution in [0.1, 0.15) is 47.6 Å². The number of benzene rings is 2. The van der Waals surface area contributed by atoms with E-state index < -0.39 is 30.2 Å². The number of hydrogen-bond acceptors (Lipinski definition) is 7. The van der Waals surface area contributed by atoms with E-state index in [0.717, 1.165) is 6.07 Å². The summed E-state index contributed by atoms with van der Waals surface area (Å²) in [4.78, 5) is 17.0. The maximum atomic E-state index is 13.9. The summed E-state index contributed by atoms with van der Waals surface area (Å²) in [5.41, 5.74) is 11.7. The molecule has 194 valence electrons. The van der Waals surface area contributed by atoms with E-state index in [9.17, 15) is 22.4 Å². The molecule has 3 rings (SSSR count). The number of carbonyl (C=O) groups is 1. The monoisotopic (exact) mass is 510 g/mol. The predicted octanol–water partition coefficient (Wildman–Crippen LogP) is 4.29. The Bertz CT molecular complexity index is 1190. The van der Waals surface area contributed by atoms with Gasteiger partial charge in [-0.05, 0) is 50.6 Å². The molecule has 1 unspecified atom stereocenters. The van der Waals surface area contributed by atoms with Crippen molar-refractivity contribution in [3.8, 4) is 23.0 Å². The fourth-order valence-electron chi connectivity index (χ4n) is 3.23. The van der Waals surface area contributed by atoms with Gasteiger partial charge in [0.15, 0.2) is 23.0 Å². The fourth-order valence-corrected chi connectivity index (χ4v) is 3.23. The summed E-state index contributed by atoms with van der Waals surface area (Å²) < 4.78 is 68.5. The van der Waals surface area contributed by atoms with Crippen molar-refractivity contribution < 1.29 is 36.2 Å². The normalized spacial score (nSPS) is 12.0. The quantitative estimate of drug-likeness (QED) is 0.245. The zero-order chi connectivity index (χ0) is 26.2. The molecule has 0 aliphatic heterocycles. The summed E-state index contributed by atoms with van der Waals surface area (Å²) in [5, 5.41) is 2.50. The van der Waals surface area contributed by atoms with E-state index in [-0.39, 0.29) is 47.6 Å². The molecule has 8 nitrogen and oxygen atoms in total. The van der Waals surface area contributed by atoms with Gasteiger partial charge in [-0.3, -0.25) is 4.79 Å². The molecule has 0 aliphatic rings. The number of hydrogen-bond donors (Lipinski definition) is 3. The first kappa shape index (κ1) is 27.0. The third-order valence-electron chi connectivity index (χ3n) is 5.00. The van der Waals surface area contributed by atoms with Crippen molar-refractivity contribution in [1.29, 1.82) is 0 Å². The minimum Gasteiger partial charge on any atom is -0.490 e. The van der Waals surface area contributed by atoms with E-state index in [1.165, 1.54) is 24.3 Å². The van der Waals surface area contributed by atoms with E-state index in [1.54, 1.807) is 6.92 Å². The number of nitrogens with two attached hydrogens (primary N) is 2. The van der Waals surface area contributed by atoms with E-state index in [4.69, 9.17) is 20.6 Å². The minimum atomic E-state index is -3.06. The minimum absolute atomic E-state index is 0.0178. The SMILES string of the molecule is CC(N)c1oc(-c2ccc(OC(F)F)c(OCCCCN)c2)nc1C(=O)NCc1ccc(F)cc1F. The number of halogens is 4. The van der Waals surface area contributed by atoms with Crippen LogP contribution in [0.25, 0.3) is 11.5 Å². The van der Waals surface area contributed by atoms with E-state index >= 15 is 0 Å². The van der Waals surface area contributed by atoms with Crippen LogP contribution in [0.4, 0.5) is 17.6 Å². The van der Waals surface area contributed by atoms with Crippen molar-refractivity contribution in [3.05, 3.63) is 65.1 Å². The number of nitrogens with one attached hydrogen (secondary N) is 1. The number of aromatic nitrogens is 1. The van der Waals surface area contributed by atoms with Crippen LogP contribution in [0.15, 0.2) is 40.8 Å². The smallest absolute Gasteiger partial charge is 0.387 e. The Morgan fingerprint density at radius 1 is 1.14 bits per heavy atom. The fraction of sp³-hybridized carbons (Fsp3) is 0.333. The van der Waals surface area contributed by atoms with Crippen molar-refractivity contribution >= 4 is 5.91 Å². The van der Waals surface area contributed by atoms with Crippen LogP contribution in [0, 0.1) is 11.6 Å². The highest BCUT2D eigenvalue weighted by Crippen LogP contribution is 2.35. The van der Waals surface area contributed by atoms with Gasteiger partial charge in [0.25, 0.3) is 5.91 Å². The second-order valence-electron chi connectivity index (χ2n) is 7.82. The van der Waals surface area contributed by atoms with Crippen molar-refractivity contribution in [2.75, 3.05) is 13.2 Å². The number of rotatable bonds is 12. The first-order chi connectivity index (χ1) is 17.2. The van der Waals surface area contributed by atoms with Crippen molar-refractivity contribution in [2.24, 2.45) is 11.5 Å². The van der Waals surface area contributed by atoms with E-state index in [1.807, 2.05) is 0 Å². The van der Waals surface area contributed by atoms with Crippen LogP contribution >= 0.6 is 0 Å². The number of unbranched alkanes of at least 4 members (excludes halogenated alkanes) is 1. The molecule has 3 aromatic rings. The van der Waals surface area contributed by atoms with Crippen LogP contribution in [-0.4, -0.2) is 30.7 Å². The summed E-state index contributed by atoms with van der Waals surface area (Å²) in [6.45, 7) is -1.04. The van der Waals surface area contributed by atoms with Gasteiger partial charge in [0, 0.05) is 23.7 Å². The predicted molar refractivity (Wildman–Crippen MR) is 122 cm³/mol. The van der Waals surface area contributed by atoms with Gasteiger partial charge in [0.1, 0.15) is 11.6 Å². The highest BCUT2D eigenvalue weighted by atomic mass is 19.3. The lowest BCUT2D eigenvalue weighted by Crippen LogP contribution is -2.25. The molecule has 1 amide bonds. The molecule has 0 bridgehead atoms. The van der Waals surface area contributed by atoms with Crippen molar-refractivity contribution in [1.82, 2.24) is 10.3 Å². The average Bonchev–Trinajstić information content (AvgIpc) is 3.28. The largest absolute Gasteiger partial charge is 0.490 e. The van der Waals surface area contributed by atoms with Crippen molar-refractivity contribution in [2.45, 2.75) is 39.0 Å². The zero-order valence-corrected chi connectivity index (χ0v) is 19.4. The summed E-state index contributed by atoms with van der Waals surface area (Å²) in [7, 11) is 0. The van der Waals surface area contributed by atoms with Gasteiger partial charge in [-0.15, -0.1) is 0 Å². The standard InChI is InChI=1S/C24H26F4N4O4/c1-13(30)21-20(22(33)31-12-15-4-6-16(25)11-17(15)26)32-23(36-21)14-5-7-18(35-24(27)28)19(10-14)34-9-3-2-8-29/h4-7,10-11,13,24H,2-3,8-9,12,29-30H2,1H3,(H,31,33). The maximum Gasteiger partial charge on any atom is 0.387 e. The molecule has 0 radical (unpaired) electrons. The number of nitrogens with zero attached hydrogens (tertiary/aromatic N) is 1. The van der Waals surface area contributed by atoms with Crippen LogP contribution < -0.4 is 26.3 Å². The first-order valence-electron chi connectivity index (χ1n) is 11.1. The topological polar surface area (TPSA) is 126 Å². The summed E-state index contributed by atoms with van der Waals surface area (Å²) in [5.74, 6) is -2.36. The molecular formula is C24H26F4N4O4. The van der Waals surface area contributed by atoms with Crippen LogP contribution in [0.2, 0.25) is 0 Å². The maximum absolute atomic E-state index is 13.9. The van der Waals surface area contributed by atoms with E-state index in [2.05, 4.69) is 15.0 Å². The zero-order valence-electron chi connectivity index (χ0n) is 19.4. The molecular weight excluding hydrogens is 484 g/mol. The van der Waals surface area contributed by atoms with Gasteiger partial charge < -0.3 is 30.7 Å². The molecule has 0 aliphatic carbocycles. The van der Waals surface area contributed by atoms with Gasteiger partial charge >= 0.3 is 6.61 Å². The van der Waals surface area contributed by atoms with Gasteiger partial charge in [0.05, 0.1) is 12.6 Å². The first-order valence-corrected chi connectivity index (χ1v) is 11.1. The Kier molecular flexibility index (Phi) is 9.25. The Labute approximate surface area is 204 Å². The van der Waals surface area contributed by atoms with Gasteiger partial charge in [-0.25, -0.2) is 13.8 Å². The van der Waals surface area contributed by atoms with Gasteiger partial charge in [-0.1, -0.05) is 6.07 Å². The summed E-state index contributed by atoms with van der Waals surface area (Å²) in [6.07, 6.45) is 1.28. The molecule has 0 fully saturated rings. The second-order valence-corrected chi connectivity index (χ2v) is 7.82. The molecule has 36 heavy (non-hydrogen) atoms. The summed E-state index contributed by atoms with van der Waals surface area (Å²) in [6, 6.07) is 6.34. The van der Waals surface area contributed by atoms with Crippen LogP contribution in [0.3, 0.4) is 0 Å². The lowest BCUT2D eigenvalue weighted by molar-refractivity contribution is -0.0515. The lowest BCUT2D eigenvalue weighted by atomic mass is 10.2. The molecule has 5 N–H and O–H groups in total. The molecule has 12 heteroatoms. The molecule has 1 heterocycles. The Morgan fingerprint density at radius 2 is 1.92 bits per heavy atom. The van der Waals surface area contributed by atoms with Crippen LogP contribution in [0.5, 0.6) is 11.5 Å². The molecule has 1 atom stereocenters. The lowest BCUT2D eigenvalue weighted by Gasteiger charge is -2.13. The van der Waals surface area contributed by atoms with Crippen LogP contribution in [-0.2, 0) is 6.54 Å². The number of alkyl halides is 2. The second kappa shape index (κ2) is 12.4. The Morgan fingerprint density at radius 3 is 2.58 bits per heavy atom. The molecule has 0 spiro atoms. The Balaban J connectivity index is 1.86. The van der Waals surface area contributed by atoms with E-state index in [0.29, 0.717) is 31.0 Å². The van der Waals surface area contributed by atoms with Gasteiger partial charge in [-0.2, -0.15) is 8.78 Å². The molecule has 2 aromatic carbocycles. The number of carbonyl (C=O) groups excluding carboxylic acids is 1.